The summed E-state index contributed by atoms with van der Waals surface area (Å²) >= 11 is 0. The van der Waals surface area contributed by atoms with Gasteiger partial charge < -0.3 is 9.64 Å². The lowest BCUT2D eigenvalue weighted by Crippen LogP contribution is -2.30. The molecule has 0 bridgehead atoms. The highest BCUT2D eigenvalue weighted by molar-refractivity contribution is 6.00. The fourth-order valence-electron chi connectivity index (χ4n) is 4.51. The maximum absolute atomic E-state index is 14.0. The minimum atomic E-state index is -2.84. The van der Waals surface area contributed by atoms with Crippen LogP contribution in [0.3, 0.4) is 0 Å². The molecule has 2 aromatic heterocycles. The molecular weight excluding hydrogens is 445 g/mol. The number of methoxy groups -OCH3 is 1. The number of ether oxygens (including phenoxy) is 1. The van der Waals surface area contributed by atoms with Gasteiger partial charge in [0, 0.05) is 12.1 Å². The fourth-order valence-corrected chi connectivity index (χ4v) is 4.51. The Morgan fingerprint density at radius 2 is 1.97 bits per heavy atom. The molecule has 1 fully saturated rings. The van der Waals surface area contributed by atoms with Crippen molar-refractivity contribution < 1.29 is 22.7 Å². The third-order valence-electron chi connectivity index (χ3n) is 6.08. The molecule has 0 aliphatic carbocycles. The molecule has 0 N–H and O–H groups in total. The maximum atomic E-state index is 14.0. The van der Waals surface area contributed by atoms with Crippen molar-refractivity contribution >= 4 is 11.6 Å². The highest BCUT2D eigenvalue weighted by Gasteiger charge is 2.33. The van der Waals surface area contributed by atoms with E-state index in [0.29, 0.717) is 29.8 Å². The highest BCUT2D eigenvalue weighted by atomic mass is 19.3. The van der Waals surface area contributed by atoms with Crippen LogP contribution in [0.1, 0.15) is 46.9 Å². The van der Waals surface area contributed by atoms with Gasteiger partial charge in [-0.3, -0.25) is 4.79 Å². The number of amides is 1. The molecule has 0 unspecified atom stereocenters. The Balaban J connectivity index is 1.61. The van der Waals surface area contributed by atoms with Gasteiger partial charge in [-0.25, -0.2) is 22.7 Å². The van der Waals surface area contributed by atoms with E-state index < -0.39 is 6.43 Å². The lowest BCUT2D eigenvalue weighted by atomic mass is 10.0. The molecule has 34 heavy (non-hydrogen) atoms. The number of rotatable bonds is 5. The summed E-state index contributed by atoms with van der Waals surface area (Å²) in [5.74, 6) is -0.290. The van der Waals surface area contributed by atoms with Gasteiger partial charge in [-0.1, -0.05) is 24.3 Å². The summed E-state index contributed by atoms with van der Waals surface area (Å²) in [5.41, 5.74) is 1.23. The number of likely N-dealkylation sites (tertiary alicyclic amines) is 1. The Labute approximate surface area is 193 Å². The second-order valence-electron chi connectivity index (χ2n) is 8.07. The molecule has 9 heteroatoms. The first-order chi connectivity index (χ1) is 16.5. The van der Waals surface area contributed by atoms with Crippen molar-refractivity contribution in [3.05, 3.63) is 83.4 Å². The van der Waals surface area contributed by atoms with Gasteiger partial charge in [-0.2, -0.15) is 5.10 Å². The number of aromatic nitrogens is 3. The third kappa shape index (κ3) is 3.76. The summed E-state index contributed by atoms with van der Waals surface area (Å²) in [5, 5.41) is 4.06. The summed E-state index contributed by atoms with van der Waals surface area (Å²) in [6.45, 7) is 0.464. The van der Waals surface area contributed by atoms with Gasteiger partial charge in [0.05, 0.1) is 25.0 Å². The lowest BCUT2D eigenvalue weighted by Gasteiger charge is -2.24. The average molecular weight is 466 g/mol. The van der Waals surface area contributed by atoms with Gasteiger partial charge in [-0.15, -0.1) is 0 Å². The van der Waals surface area contributed by atoms with E-state index in [2.05, 4.69) is 10.1 Å². The normalized spacial score (nSPS) is 15.9. The number of halogens is 3. The van der Waals surface area contributed by atoms with Gasteiger partial charge in [0.15, 0.2) is 5.65 Å². The molecule has 174 valence electrons. The number of alkyl halides is 2. The van der Waals surface area contributed by atoms with E-state index >= 15 is 0 Å². The van der Waals surface area contributed by atoms with Gasteiger partial charge in [0.25, 0.3) is 12.3 Å². The van der Waals surface area contributed by atoms with E-state index in [4.69, 9.17) is 4.74 Å². The molecule has 6 nitrogen and oxygen atoms in total. The number of para-hydroxylation sites is 1. The van der Waals surface area contributed by atoms with Crippen molar-refractivity contribution in [2.24, 2.45) is 0 Å². The first kappa shape index (κ1) is 21.9. The number of benzene rings is 2. The summed E-state index contributed by atoms with van der Waals surface area (Å²) < 4.78 is 48.1. The molecular formula is C25H21F3N4O2. The molecule has 1 amide bonds. The molecule has 4 aromatic rings. The van der Waals surface area contributed by atoms with Crippen molar-refractivity contribution in [2.75, 3.05) is 13.7 Å². The summed E-state index contributed by atoms with van der Waals surface area (Å²) in [4.78, 5) is 19.7. The molecule has 2 aromatic carbocycles. The predicted octanol–water partition coefficient (Wildman–Crippen LogP) is 5.46. The molecule has 1 aliphatic heterocycles. The number of hydrogen-bond donors (Lipinski definition) is 0. The highest BCUT2D eigenvalue weighted by Crippen LogP contribution is 2.35. The molecule has 1 atom stereocenters. The first-order valence-electron chi connectivity index (χ1n) is 10.8. The Bertz CT molecular complexity index is 1370. The molecule has 5 rings (SSSR count). The Hall–Kier alpha value is -3.88. The zero-order valence-electron chi connectivity index (χ0n) is 18.3. The van der Waals surface area contributed by atoms with Crippen LogP contribution in [0.2, 0.25) is 0 Å². The van der Waals surface area contributed by atoms with Crippen LogP contribution in [0.15, 0.2) is 60.8 Å². The zero-order chi connectivity index (χ0) is 23.8. The zero-order valence-corrected chi connectivity index (χ0v) is 18.3. The number of nitrogens with zero attached hydrogens (tertiary/aromatic N) is 4. The summed E-state index contributed by atoms with van der Waals surface area (Å²) in [6, 6.07) is 14.0. The van der Waals surface area contributed by atoms with Crippen LogP contribution in [0.4, 0.5) is 13.2 Å². The molecule has 0 spiro atoms. The molecule has 3 heterocycles. The van der Waals surface area contributed by atoms with Gasteiger partial charge in [0.2, 0.25) is 0 Å². The second kappa shape index (κ2) is 8.81. The smallest absolute Gasteiger partial charge is 0.280 e. The Kier molecular flexibility index (Phi) is 5.69. The van der Waals surface area contributed by atoms with Gasteiger partial charge in [0.1, 0.15) is 22.8 Å². The van der Waals surface area contributed by atoms with Crippen molar-refractivity contribution in [1.82, 2.24) is 19.5 Å². The maximum Gasteiger partial charge on any atom is 0.280 e. The number of carbonyl (C=O) groups is 1. The molecule has 0 radical (unpaired) electrons. The number of fused-ring (bicyclic) bond motifs is 1. The third-order valence-corrected chi connectivity index (χ3v) is 6.08. The van der Waals surface area contributed by atoms with E-state index in [1.54, 1.807) is 41.3 Å². The van der Waals surface area contributed by atoms with Crippen molar-refractivity contribution in [2.45, 2.75) is 25.3 Å². The van der Waals surface area contributed by atoms with Crippen LogP contribution in [0.25, 0.3) is 16.9 Å². The van der Waals surface area contributed by atoms with E-state index in [9.17, 15) is 18.0 Å². The fraction of sp³-hybridized carbons (Fsp3) is 0.240. The lowest BCUT2D eigenvalue weighted by molar-refractivity contribution is 0.0737. The molecule has 1 saturated heterocycles. The van der Waals surface area contributed by atoms with E-state index in [1.807, 2.05) is 0 Å². The van der Waals surface area contributed by atoms with Crippen molar-refractivity contribution in [3.8, 4) is 17.0 Å². The molecule has 0 saturated carbocycles. The van der Waals surface area contributed by atoms with E-state index in [0.717, 1.165) is 10.9 Å². The van der Waals surface area contributed by atoms with Crippen LogP contribution in [0.5, 0.6) is 5.75 Å². The number of hydrogen-bond acceptors (Lipinski definition) is 4. The van der Waals surface area contributed by atoms with Gasteiger partial charge in [-0.05, 0) is 48.7 Å². The Morgan fingerprint density at radius 1 is 1.15 bits per heavy atom. The van der Waals surface area contributed by atoms with Crippen LogP contribution >= 0.6 is 0 Å². The largest absolute Gasteiger partial charge is 0.496 e. The second-order valence-corrected chi connectivity index (χ2v) is 8.07. The number of carbonyl (C=O) groups excluding carboxylic acids is 1. The standard InChI is InChI=1S/C25H21F3N4O2/c1-34-22-10-3-2-8-17(22)19-13-21(23(27)28)32-24(30-19)18(14-29-32)25(33)31-11-5-9-20(31)15-6-4-7-16(26)12-15/h2-4,6-8,10,12-14,20,23H,5,9,11H2,1H3/t20-/m0/s1. The monoisotopic (exact) mass is 466 g/mol. The van der Waals surface area contributed by atoms with E-state index in [-0.39, 0.29) is 40.4 Å². The first-order valence-corrected chi connectivity index (χ1v) is 10.8. The van der Waals surface area contributed by atoms with Gasteiger partial charge >= 0.3 is 0 Å². The topological polar surface area (TPSA) is 59.7 Å². The quantitative estimate of drug-likeness (QED) is 0.392. The van der Waals surface area contributed by atoms with Crippen LogP contribution in [0, 0.1) is 5.82 Å². The average Bonchev–Trinajstić information content (AvgIpc) is 3.50. The SMILES string of the molecule is COc1ccccc1-c1cc(C(F)F)n2ncc(C(=O)N3CCC[C@H]3c3cccc(F)c3)c2n1. The Morgan fingerprint density at radius 3 is 2.74 bits per heavy atom. The van der Waals surface area contributed by atoms with Crippen LogP contribution < -0.4 is 4.74 Å². The minimum absolute atomic E-state index is 0.0357. The van der Waals surface area contributed by atoms with Crippen molar-refractivity contribution in [3.63, 3.8) is 0 Å². The van der Waals surface area contributed by atoms with E-state index in [1.165, 1.54) is 31.5 Å². The van der Waals surface area contributed by atoms with Crippen LogP contribution in [-0.2, 0) is 0 Å². The van der Waals surface area contributed by atoms with Crippen molar-refractivity contribution in [1.29, 1.82) is 0 Å². The predicted molar refractivity (Wildman–Crippen MR) is 119 cm³/mol. The minimum Gasteiger partial charge on any atom is -0.496 e. The summed E-state index contributed by atoms with van der Waals surface area (Å²) in [7, 11) is 1.49. The van der Waals surface area contributed by atoms with Crippen LogP contribution in [-0.4, -0.2) is 39.1 Å². The molecule has 1 aliphatic rings. The summed E-state index contributed by atoms with van der Waals surface area (Å²) in [6.07, 6.45) is -0.150.